The number of aliphatic hydroxyl groups is 2. The number of carbonyl (C=O) groups is 1. The van der Waals surface area contributed by atoms with Crippen molar-refractivity contribution in [1.29, 1.82) is 0 Å². The molecule has 1 saturated carbocycles. The molecule has 13 heteroatoms. The molecule has 0 spiro atoms. The summed E-state index contributed by atoms with van der Waals surface area (Å²) in [5.41, 5.74) is 1.58. The Labute approximate surface area is 317 Å². The SMILES string of the molecule is C=CCO[C@@]12Oc3ccc(O)cc3[C@H]3[C@H](CCCCO)[C@@H](CCCCO)C=C(C(=NOC(C)(C)C)C[C@@H]1N(CCC)C(=O)Oc1ccc([N+](=O)[O-])cc1)[C@H]32. The molecule has 3 aliphatic rings. The molecule has 0 radical (unpaired) electrons. The van der Waals surface area contributed by atoms with Crippen LogP contribution in [0.2, 0.25) is 0 Å². The van der Waals surface area contributed by atoms with Crippen molar-refractivity contribution in [2.24, 2.45) is 22.9 Å². The normalized spacial score (nSPS) is 25.1. The highest BCUT2D eigenvalue weighted by molar-refractivity contribution is 6.03. The number of oxime groups is 1. The van der Waals surface area contributed by atoms with E-state index < -0.39 is 34.4 Å². The third kappa shape index (κ3) is 8.90. The molecule has 2 aliphatic carbocycles. The van der Waals surface area contributed by atoms with Crippen LogP contribution >= 0.6 is 0 Å². The molecule has 0 aromatic heterocycles. The number of nitrogens with zero attached hydrogens (tertiary/aromatic N) is 3. The maximum Gasteiger partial charge on any atom is 0.415 e. The summed E-state index contributed by atoms with van der Waals surface area (Å²) in [5, 5.41) is 46.5. The molecule has 54 heavy (non-hydrogen) atoms. The highest BCUT2D eigenvalue weighted by Crippen LogP contribution is 2.62. The summed E-state index contributed by atoms with van der Waals surface area (Å²) in [6, 6.07) is 9.61. The second-order valence-electron chi connectivity index (χ2n) is 15.3. The quantitative estimate of drug-likeness (QED) is 0.0631. The number of fused-ring (bicyclic) bond motifs is 2. The fourth-order valence-electron chi connectivity index (χ4n) is 8.26. The van der Waals surface area contributed by atoms with E-state index in [0.717, 1.165) is 36.8 Å². The number of nitro groups is 1. The van der Waals surface area contributed by atoms with E-state index in [4.69, 9.17) is 24.2 Å². The molecule has 6 atom stereocenters. The number of unbranched alkanes of at least 4 members (excludes halogenated alkanes) is 2. The minimum atomic E-state index is -1.48. The van der Waals surface area contributed by atoms with Crippen LogP contribution in [-0.4, -0.2) is 80.7 Å². The number of benzene rings is 2. The number of aliphatic hydroxyl groups excluding tert-OH is 2. The lowest BCUT2D eigenvalue weighted by Crippen LogP contribution is -2.70. The van der Waals surface area contributed by atoms with Crippen LogP contribution in [0, 0.1) is 27.9 Å². The number of rotatable bonds is 17. The van der Waals surface area contributed by atoms with Crippen LogP contribution in [0.5, 0.6) is 17.2 Å². The predicted octanol–water partition coefficient (Wildman–Crippen LogP) is 7.64. The van der Waals surface area contributed by atoms with Gasteiger partial charge in [-0.3, -0.25) is 15.0 Å². The summed E-state index contributed by atoms with van der Waals surface area (Å²) >= 11 is 0. The zero-order valence-electron chi connectivity index (χ0n) is 31.8. The average Bonchev–Trinajstić information content (AvgIpc) is 3.13. The van der Waals surface area contributed by atoms with Gasteiger partial charge in [-0.05, 0) is 101 Å². The first-order chi connectivity index (χ1) is 25.9. The van der Waals surface area contributed by atoms with Gasteiger partial charge in [-0.1, -0.05) is 37.1 Å². The number of ether oxygens (including phenoxy) is 3. The van der Waals surface area contributed by atoms with E-state index in [0.29, 0.717) is 30.7 Å². The van der Waals surface area contributed by atoms with Gasteiger partial charge < -0.3 is 34.4 Å². The Hall–Kier alpha value is -4.46. The van der Waals surface area contributed by atoms with Crippen LogP contribution in [-0.2, 0) is 9.57 Å². The lowest BCUT2D eigenvalue weighted by atomic mass is 9.55. The first-order valence-corrected chi connectivity index (χ1v) is 19.1. The molecule has 1 aliphatic heterocycles. The molecule has 1 fully saturated rings. The van der Waals surface area contributed by atoms with Crippen LogP contribution in [0.1, 0.15) is 90.5 Å². The number of non-ortho nitro benzene ring substituents is 1. The smallest absolute Gasteiger partial charge is 0.415 e. The van der Waals surface area contributed by atoms with Gasteiger partial charge in [-0.15, -0.1) is 6.58 Å². The Kier molecular flexibility index (Phi) is 13.4. The van der Waals surface area contributed by atoms with E-state index in [1.165, 1.54) is 24.3 Å². The van der Waals surface area contributed by atoms with Gasteiger partial charge in [0.1, 0.15) is 28.9 Å². The van der Waals surface area contributed by atoms with Crippen LogP contribution in [0.25, 0.3) is 0 Å². The number of aromatic hydroxyl groups is 1. The summed E-state index contributed by atoms with van der Waals surface area (Å²) in [7, 11) is 0. The Balaban J connectivity index is 1.74. The molecule has 1 amide bonds. The van der Waals surface area contributed by atoms with Crippen LogP contribution in [0.4, 0.5) is 10.5 Å². The summed E-state index contributed by atoms with van der Waals surface area (Å²) in [5.74, 6) is -1.47. The Morgan fingerprint density at radius 2 is 1.81 bits per heavy atom. The topological polar surface area (TPSA) is 173 Å². The lowest BCUT2D eigenvalue weighted by Gasteiger charge is -2.59. The van der Waals surface area contributed by atoms with E-state index >= 15 is 0 Å². The number of hydrogen-bond acceptors (Lipinski definition) is 11. The number of phenolic OH excluding ortho intramolecular Hbond substituents is 1. The van der Waals surface area contributed by atoms with Crippen LogP contribution in [0.3, 0.4) is 0 Å². The van der Waals surface area contributed by atoms with Crippen molar-refractivity contribution in [3.05, 3.63) is 82.4 Å². The second-order valence-corrected chi connectivity index (χ2v) is 15.3. The van der Waals surface area contributed by atoms with Crippen molar-refractivity contribution in [1.82, 2.24) is 4.90 Å². The molecular weight excluding hydrogens is 694 g/mol. The van der Waals surface area contributed by atoms with Gasteiger partial charge in [0.2, 0.25) is 5.79 Å². The molecule has 294 valence electrons. The number of nitro benzene ring substituents is 1. The molecule has 2 aromatic rings. The minimum Gasteiger partial charge on any atom is -0.508 e. The average molecular weight is 750 g/mol. The van der Waals surface area contributed by atoms with Gasteiger partial charge in [0, 0.05) is 49.8 Å². The van der Waals surface area contributed by atoms with Crippen LogP contribution in [0.15, 0.2) is 71.9 Å². The van der Waals surface area contributed by atoms with E-state index in [1.54, 1.807) is 29.2 Å². The van der Waals surface area contributed by atoms with E-state index in [1.807, 2.05) is 27.7 Å². The van der Waals surface area contributed by atoms with Crippen molar-refractivity contribution < 1.29 is 44.1 Å². The fourth-order valence-corrected chi connectivity index (χ4v) is 8.26. The maximum absolute atomic E-state index is 14.4. The fraction of sp³-hybridized carbons (Fsp3) is 0.561. The minimum absolute atomic E-state index is 0.00960. The zero-order valence-corrected chi connectivity index (χ0v) is 31.8. The number of phenols is 1. The maximum atomic E-state index is 14.4. The number of hydrogen-bond donors (Lipinski definition) is 3. The first-order valence-electron chi connectivity index (χ1n) is 19.1. The van der Waals surface area contributed by atoms with E-state index in [-0.39, 0.29) is 67.7 Å². The number of carbonyl (C=O) groups excluding carboxylic acids is 1. The molecule has 0 saturated heterocycles. The monoisotopic (exact) mass is 749 g/mol. The van der Waals surface area contributed by atoms with Crippen LogP contribution < -0.4 is 9.47 Å². The van der Waals surface area contributed by atoms with Crippen molar-refractivity contribution in [2.75, 3.05) is 26.4 Å². The second kappa shape index (κ2) is 17.8. The highest BCUT2D eigenvalue weighted by Gasteiger charge is 2.65. The van der Waals surface area contributed by atoms with Gasteiger partial charge in [0.25, 0.3) is 5.69 Å². The number of amides is 1. The van der Waals surface area contributed by atoms with Crippen molar-refractivity contribution in [3.63, 3.8) is 0 Å². The molecule has 3 N–H and O–H groups in total. The molecule has 0 bridgehead atoms. The largest absolute Gasteiger partial charge is 0.508 e. The van der Waals surface area contributed by atoms with Crippen molar-refractivity contribution in [3.8, 4) is 17.2 Å². The van der Waals surface area contributed by atoms with Gasteiger partial charge in [-0.25, -0.2) is 4.79 Å². The summed E-state index contributed by atoms with van der Waals surface area (Å²) in [6.45, 7) is 12.1. The Morgan fingerprint density at radius 3 is 2.44 bits per heavy atom. The third-order valence-corrected chi connectivity index (χ3v) is 10.4. The molecular formula is C41H55N3O10. The highest BCUT2D eigenvalue weighted by atomic mass is 16.7. The van der Waals surface area contributed by atoms with Crippen molar-refractivity contribution in [2.45, 2.75) is 102 Å². The third-order valence-electron chi connectivity index (χ3n) is 10.4. The standard InChI is InChI=1S/C41H55N3O10/c1-6-20-43(39(48)52-30-17-14-28(15-18-30)44(49)50)36-26-34(42-54-40(3,4)5)32-24-27(12-8-10-21-45)31(13-9-11-22-46)37-33-25-29(47)16-19-35(33)53-41(36,38(32)37)51-23-7-2/h7,14-19,24-25,27,31,36-38,45-47H,2,6,8-13,20-23,26H2,1,3-5H3/t27-,31+,36-,37+,38+,41+/m0/s1. The molecule has 1 heterocycles. The molecule has 5 rings (SSSR count). The Bertz CT molecular complexity index is 1690. The van der Waals surface area contributed by atoms with E-state index in [9.17, 15) is 30.2 Å². The summed E-state index contributed by atoms with van der Waals surface area (Å²) in [6.07, 6.45) is 8.37. The van der Waals surface area contributed by atoms with Gasteiger partial charge >= 0.3 is 6.09 Å². The summed E-state index contributed by atoms with van der Waals surface area (Å²) in [4.78, 5) is 32.9. The molecule has 13 nitrogen and oxygen atoms in total. The van der Waals surface area contributed by atoms with E-state index in [2.05, 4.69) is 12.7 Å². The first kappa shape index (κ1) is 40.7. The predicted molar refractivity (Wildman–Crippen MR) is 204 cm³/mol. The van der Waals surface area contributed by atoms with Gasteiger partial charge in [0.15, 0.2) is 0 Å². The van der Waals surface area contributed by atoms with Gasteiger partial charge in [0.05, 0.1) is 23.2 Å². The van der Waals surface area contributed by atoms with Gasteiger partial charge in [-0.2, -0.15) is 0 Å². The number of allylic oxidation sites excluding steroid dienone is 1. The van der Waals surface area contributed by atoms with Crippen molar-refractivity contribution >= 4 is 17.5 Å². The summed E-state index contributed by atoms with van der Waals surface area (Å²) < 4.78 is 19.9. The Morgan fingerprint density at radius 1 is 1.11 bits per heavy atom. The zero-order chi connectivity index (χ0) is 39.0. The lowest BCUT2D eigenvalue weighted by molar-refractivity contribution is -0.384. The molecule has 2 aromatic carbocycles. The molecule has 0 unspecified atom stereocenters.